The van der Waals surface area contributed by atoms with Gasteiger partial charge in [0.1, 0.15) is 11.4 Å². The molecule has 1 heterocycles. The molecule has 8 heteroatoms. The van der Waals surface area contributed by atoms with Crippen LogP contribution in [0.1, 0.15) is 12.0 Å². The van der Waals surface area contributed by atoms with Gasteiger partial charge in [-0.05, 0) is 65.2 Å². The van der Waals surface area contributed by atoms with Crippen LogP contribution in [-0.2, 0) is 5.60 Å². The van der Waals surface area contributed by atoms with Crippen molar-refractivity contribution in [3.05, 3.63) is 115 Å². The van der Waals surface area contributed by atoms with Crippen molar-refractivity contribution < 1.29 is 22.7 Å². The largest absolute Gasteiger partial charge is 0.392 e. The maximum Gasteiger partial charge on any atom is 0.392 e. The van der Waals surface area contributed by atoms with Crippen molar-refractivity contribution in [1.29, 1.82) is 0 Å². The van der Waals surface area contributed by atoms with Gasteiger partial charge in [-0.25, -0.2) is 9.07 Å². The maximum atomic E-state index is 13.6. The molecule has 1 unspecified atom stereocenters. The lowest BCUT2D eigenvalue weighted by Gasteiger charge is -2.30. The number of aromatic nitrogens is 2. The number of halogens is 4. The molecule has 37 heavy (non-hydrogen) atoms. The Bertz CT molecular complexity index is 1510. The van der Waals surface area contributed by atoms with Crippen LogP contribution in [0.4, 0.5) is 23.2 Å². The summed E-state index contributed by atoms with van der Waals surface area (Å²) in [7, 11) is 0. The van der Waals surface area contributed by atoms with Crippen molar-refractivity contribution in [3.8, 4) is 16.8 Å². The van der Waals surface area contributed by atoms with Gasteiger partial charge in [-0.15, -0.1) is 0 Å². The zero-order valence-electron chi connectivity index (χ0n) is 19.6. The fraction of sp³-hybridized carbons (Fsp3) is 0.138. The second-order valence-corrected chi connectivity index (χ2v) is 8.93. The summed E-state index contributed by atoms with van der Waals surface area (Å²) in [6.07, 6.45) is -4.52. The minimum Gasteiger partial charge on any atom is -0.383 e. The highest BCUT2D eigenvalue weighted by Gasteiger charge is 2.42. The predicted molar refractivity (Wildman–Crippen MR) is 136 cm³/mol. The monoisotopic (exact) mass is 505 g/mol. The van der Waals surface area contributed by atoms with Gasteiger partial charge in [-0.3, -0.25) is 0 Å². The Morgan fingerprint density at radius 1 is 0.811 bits per heavy atom. The smallest absolute Gasteiger partial charge is 0.383 e. The average molecular weight is 506 g/mol. The van der Waals surface area contributed by atoms with Crippen molar-refractivity contribution in [2.75, 3.05) is 11.9 Å². The second-order valence-electron chi connectivity index (χ2n) is 8.93. The lowest BCUT2D eigenvalue weighted by Crippen LogP contribution is -2.38. The molecule has 0 bridgehead atoms. The Morgan fingerprint density at radius 3 is 2.27 bits per heavy atom. The molecular weight excluding hydrogens is 482 g/mol. The highest BCUT2D eigenvalue weighted by atomic mass is 19.4. The van der Waals surface area contributed by atoms with Gasteiger partial charge >= 0.3 is 6.18 Å². The van der Waals surface area contributed by atoms with Crippen LogP contribution in [0.15, 0.2) is 103 Å². The first-order valence-corrected chi connectivity index (χ1v) is 11.6. The molecule has 5 rings (SSSR count). The van der Waals surface area contributed by atoms with E-state index in [0.29, 0.717) is 22.3 Å². The molecule has 1 atom stereocenters. The summed E-state index contributed by atoms with van der Waals surface area (Å²) in [5.41, 5.74) is 1.57. The number of benzene rings is 4. The van der Waals surface area contributed by atoms with Crippen molar-refractivity contribution >= 4 is 16.6 Å². The Balaban J connectivity index is 1.45. The molecule has 0 radical (unpaired) electrons. The van der Waals surface area contributed by atoms with Crippen LogP contribution in [-0.4, -0.2) is 27.6 Å². The number of anilines is 1. The zero-order valence-corrected chi connectivity index (χ0v) is 19.6. The third kappa shape index (κ3) is 5.49. The van der Waals surface area contributed by atoms with Gasteiger partial charge in [0.05, 0.1) is 23.8 Å². The summed E-state index contributed by atoms with van der Waals surface area (Å²) in [5.74, 6) is -0.387. The molecule has 0 saturated carbocycles. The van der Waals surface area contributed by atoms with E-state index in [2.05, 4.69) is 10.4 Å². The molecule has 0 aliphatic carbocycles. The van der Waals surface area contributed by atoms with Crippen molar-refractivity contribution in [2.45, 2.75) is 18.2 Å². The molecule has 4 aromatic carbocycles. The molecule has 2 N–H and O–H groups in total. The summed E-state index contributed by atoms with van der Waals surface area (Å²) >= 11 is 0. The highest BCUT2D eigenvalue weighted by Crippen LogP contribution is 2.37. The number of fused-ring (bicyclic) bond motifs is 1. The predicted octanol–water partition coefficient (Wildman–Crippen LogP) is 7.08. The van der Waals surface area contributed by atoms with Crippen molar-refractivity contribution in [1.82, 2.24) is 9.78 Å². The average Bonchev–Trinajstić information content (AvgIpc) is 3.31. The molecule has 188 valence electrons. The van der Waals surface area contributed by atoms with E-state index >= 15 is 0 Å². The third-order valence-corrected chi connectivity index (χ3v) is 6.22. The molecule has 5 aromatic rings. The minimum atomic E-state index is -4.60. The van der Waals surface area contributed by atoms with Crippen molar-refractivity contribution in [3.63, 3.8) is 0 Å². The van der Waals surface area contributed by atoms with E-state index in [1.54, 1.807) is 28.9 Å². The van der Waals surface area contributed by atoms with Gasteiger partial charge < -0.3 is 10.4 Å². The second kappa shape index (κ2) is 9.71. The molecule has 0 aliphatic rings. The summed E-state index contributed by atoms with van der Waals surface area (Å²) in [4.78, 5) is 0. The van der Waals surface area contributed by atoms with E-state index in [9.17, 15) is 22.7 Å². The number of aliphatic hydroxyl groups is 1. The van der Waals surface area contributed by atoms with Crippen LogP contribution in [0.2, 0.25) is 0 Å². The number of hydrogen-bond acceptors (Lipinski definition) is 3. The van der Waals surface area contributed by atoms with Gasteiger partial charge in [-0.1, -0.05) is 48.5 Å². The van der Waals surface area contributed by atoms with E-state index in [0.717, 1.165) is 11.1 Å². The first kappa shape index (κ1) is 24.5. The Hall–Kier alpha value is -4.17. The van der Waals surface area contributed by atoms with Gasteiger partial charge in [0.2, 0.25) is 0 Å². The summed E-state index contributed by atoms with van der Waals surface area (Å²) in [6, 6.07) is 27.2. The molecule has 0 aliphatic heterocycles. The Kier molecular flexibility index (Phi) is 6.43. The molecule has 0 amide bonds. The van der Waals surface area contributed by atoms with Crippen LogP contribution in [0.3, 0.4) is 0 Å². The van der Waals surface area contributed by atoms with Crippen molar-refractivity contribution in [2.24, 2.45) is 0 Å². The standard InChI is InChI=1S/C29H23F4N3O/c30-24-10-12-26(13-11-24)36-27-14-9-23(15-22(27)17-35-36)28(37,18-29(31,32)33)19-34-25-8-4-7-21(16-25)20-5-2-1-3-6-20/h1-17,34,37H,18-19H2. The molecule has 1 aromatic heterocycles. The fourth-order valence-electron chi connectivity index (χ4n) is 4.40. The first-order chi connectivity index (χ1) is 17.7. The van der Waals surface area contributed by atoms with Gasteiger partial charge in [0, 0.05) is 17.6 Å². The zero-order chi connectivity index (χ0) is 26.0. The quantitative estimate of drug-likeness (QED) is 0.232. The van der Waals surface area contributed by atoms with Crippen LogP contribution in [0.25, 0.3) is 27.7 Å². The maximum absolute atomic E-state index is 13.6. The SMILES string of the molecule is OC(CNc1cccc(-c2ccccc2)c1)(CC(F)(F)F)c1ccc2c(cnn2-c2ccc(F)cc2)c1. The number of rotatable bonds is 7. The summed E-state index contributed by atoms with van der Waals surface area (Å²) in [6.45, 7) is -0.359. The van der Waals surface area contributed by atoms with Crippen LogP contribution in [0.5, 0.6) is 0 Å². The normalized spacial score (nSPS) is 13.4. The number of hydrogen-bond donors (Lipinski definition) is 2. The number of nitrogens with zero attached hydrogens (tertiary/aromatic N) is 2. The first-order valence-electron chi connectivity index (χ1n) is 11.6. The molecule has 0 saturated heterocycles. The lowest BCUT2D eigenvalue weighted by atomic mass is 9.89. The Morgan fingerprint density at radius 2 is 1.54 bits per heavy atom. The molecule has 4 nitrogen and oxygen atoms in total. The van der Waals surface area contributed by atoms with E-state index in [-0.39, 0.29) is 17.9 Å². The van der Waals surface area contributed by atoms with Gasteiger partial charge in [-0.2, -0.15) is 18.3 Å². The highest BCUT2D eigenvalue weighted by molar-refractivity contribution is 5.81. The third-order valence-electron chi connectivity index (χ3n) is 6.22. The molecule has 0 fully saturated rings. The van der Waals surface area contributed by atoms with Crippen LogP contribution >= 0.6 is 0 Å². The summed E-state index contributed by atoms with van der Waals surface area (Å²) < 4.78 is 55.6. The Labute approximate surface area is 210 Å². The van der Waals surface area contributed by atoms with E-state index in [1.165, 1.54) is 30.5 Å². The molecule has 0 spiro atoms. The fourth-order valence-corrected chi connectivity index (χ4v) is 4.40. The lowest BCUT2D eigenvalue weighted by molar-refractivity contribution is -0.175. The van der Waals surface area contributed by atoms with Gasteiger partial charge in [0.25, 0.3) is 0 Å². The van der Waals surface area contributed by atoms with E-state index in [4.69, 9.17) is 0 Å². The van der Waals surface area contributed by atoms with Gasteiger partial charge in [0.15, 0.2) is 0 Å². The van der Waals surface area contributed by atoms with E-state index in [1.807, 2.05) is 48.5 Å². The summed E-state index contributed by atoms with van der Waals surface area (Å²) in [5, 5.41) is 19.2. The topological polar surface area (TPSA) is 50.1 Å². The number of nitrogens with one attached hydrogen (secondary N) is 1. The van der Waals surface area contributed by atoms with Crippen LogP contribution in [0, 0.1) is 5.82 Å². The number of alkyl halides is 3. The van der Waals surface area contributed by atoms with Crippen LogP contribution < -0.4 is 5.32 Å². The minimum absolute atomic E-state index is 0.114. The molecular formula is C29H23F4N3O. The van der Waals surface area contributed by atoms with E-state index < -0.39 is 18.2 Å².